The quantitative estimate of drug-likeness (QED) is 0.144. The first-order chi connectivity index (χ1) is 24.4. The Kier molecular flexibility index (Phi) is 10.2. The van der Waals surface area contributed by atoms with Gasteiger partial charge in [0.1, 0.15) is 11.4 Å². The van der Waals surface area contributed by atoms with Crippen LogP contribution < -0.4 is 14.8 Å². The molecule has 0 saturated carbocycles. The monoisotopic (exact) mass is 709 g/mol. The molecule has 2 aliphatic rings. The molecule has 0 radical (unpaired) electrons. The molecule has 1 amide bonds. The Labute approximate surface area is 301 Å². The fraction of sp³-hybridized carbons (Fsp3) is 0.316. The number of rotatable bonds is 12. The Morgan fingerprint density at radius 1 is 0.800 bits per heavy atom. The van der Waals surface area contributed by atoms with E-state index in [0.717, 1.165) is 60.6 Å². The Hall–Kier alpha value is -4.64. The molecule has 10 nitrogen and oxygen atoms in total. The number of nitrogens with zero attached hydrogens (tertiary/aromatic N) is 6. The van der Waals surface area contributed by atoms with E-state index >= 15 is 0 Å². The summed E-state index contributed by atoms with van der Waals surface area (Å²) >= 11 is 14.2. The van der Waals surface area contributed by atoms with E-state index in [1.165, 1.54) is 0 Å². The van der Waals surface area contributed by atoms with Gasteiger partial charge in [0, 0.05) is 72.2 Å². The number of aryl methyl sites for hydroxylation is 1. The number of hydrogen-bond donors (Lipinski definition) is 1. The Morgan fingerprint density at radius 3 is 2.00 bits per heavy atom. The summed E-state index contributed by atoms with van der Waals surface area (Å²) in [6.07, 6.45) is 9.23. The molecule has 2 aliphatic heterocycles. The minimum atomic E-state index is 0.126. The molecule has 2 aromatic carbocycles. The van der Waals surface area contributed by atoms with Crippen LogP contribution in [0.5, 0.6) is 11.8 Å². The lowest BCUT2D eigenvalue weighted by atomic mass is 9.95. The molecule has 5 aromatic rings. The van der Waals surface area contributed by atoms with E-state index in [2.05, 4.69) is 21.3 Å². The van der Waals surface area contributed by atoms with Crippen LogP contribution in [0.2, 0.25) is 10.0 Å². The summed E-state index contributed by atoms with van der Waals surface area (Å²) in [6, 6.07) is 17.8. The van der Waals surface area contributed by atoms with Gasteiger partial charge in [-0.15, -0.1) is 0 Å². The maximum Gasteiger partial charge on any atom is 0.237 e. The number of benzene rings is 2. The molecule has 0 spiro atoms. The van der Waals surface area contributed by atoms with Crippen molar-refractivity contribution in [3.63, 3.8) is 0 Å². The largest absolute Gasteiger partial charge is 0.480 e. The highest BCUT2D eigenvalue weighted by Crippen LogP contribution is 2.42. The fourth-order valence-electron chi connectivity index (χ4n) is 6.66. The number of pyridine rings is 1. The second kappa shape index (κ2) is 15.1. The zero-order chi connectivity index (χ0) is 34.6. The van der Waals surface area contributed by atoms with Gasteiger partial charge in [-0.2, -0.15) is 0 Å². The van der Waals surface area contributed by atoms with Crippen molar-refractivity contribution in [2.75, 3.05) is 27.3 Å². The maximum absolute atomic E-state index is 11.5. The smallest absolute Gasteiger partial charge is 0.237 e. The van der Waals surface area contributed by atoms with Crippen molar-refractivity contribution in [2.45, 2.75) is 50.6 Å². The van der Waals surface area contributed by atoms with Crippen molar-refractivity contribution in [2.24, 2.45) is 0 Å². The van der Waals surface area contributed by atoms with E-state index in [-0.39, 0.29) is 11.9 Å². The van der Waals surface area contributed by atoms with Crippen LogP contribution in [0.25, 0.3) is 33.6 Å². The van der Waals surface area contributed by atoms with E-state index in [4.69, 9.17) is 52.6 Å². The number of carbonyl (C=O) groups excluding carboxylic acids is 1. The third kappa shape index (κ3) is 7.14. The number of ether oxygens (including phenoxy) is 2. The molecule has 256 valence electrons. The van der Waals surface area contributed by atoms with Gasteiger partial charge >= 0.3 is 0 Å². The predicted molar refractivity (Wildman–Crippen MR) is 193 cm³/mol. The molecule has 0 aliphatic carbocycles. The summed E-state index contributed by atoms with van der Waals surface area (Å²) in [4.78, 5) is 37.4. The standard InChI is InChI=1S/C38H37Cl2N7O3/c1-49-37-30(14-5-8-24-15-16-34(48)44-24)42-18-31(45-37)27-11-6-9-25(35(27)39)26-10-7-12-28(36(26)40)32-19-43-33(38(46-32)50-2)22-47-20-23(21-47)29-13-3-4-17-41-29/h3-4,6-7,9-13,17-19,23-24H,5,8,14-16,20-22H2,1-2H3,(H,44,48)/t24-/m1/s1. The first kappa shape index (κ1) is 33.8. The van der Waals surface area contributed by atoms with Crippen LogP contribution in [-0.4, -0.2) is 69.1 Å². The van der Waals surface area contributed by atoms with E-state index in [1.54, 1.807) is 26.6 Å². The van der Waals surface area contributed by atoms with Crippen molar-refractivity contribution < 1.29 is 14.3 Å². The number of nitrogens with one attached hydrogen (secondary N) is 1. The number of halogens is 2. The van der Waals surface area contributed by atoms with Crippen molar-refractivity contribution in [3.8, 4) is 45.4 Å². The number of carbonyl (C=O) groups is 1. The van der Waals surface area contributed by atoms with Gasteiger partial charge in [-0.05, 0) is 37.8 Å². The highest BCUT2D eigenvalue weighted by atomic mass is 35.5. The van der Waals surface area contributed by atoms with Gasteiger partial charge in [0.05, 0.1) is 48.0 Å². The lowest BCUT2D eigenvalue weighted by Crippen LogP contribution is -2.44. The summed E-state index contributed by atoms with van der Waals surface area (Å²) < 4.78 is 11.3. The molecule has 50 heavy (non-hydrogen) atoms. The average molecular weight is 711 g/mol. The van der Waals surface area contributed by atoms with Crippen LogP contribution in [-0.2, 0) is 17.8 Å². The molecule has 2 fully saturated rings. The minimum absolute atomic E-state index is 0.126. The molecule has 1 N–H and O–H groups in total. The van der Waals surface area contributed by atoms with Gasteiger partial charge in [0.15, 0.2) is 0 Å². The third-order valence-electron chi connectivity index (χ3n) is 9.34. The normalized spacial score (nSPS) is 16.2. The lowest BCUT2D eigenvalue weighted by Gasteiger charge is -2.38. The summed E-state index contributed by atoms with van der Waals surface area (Å²) in [7, 11) is 3.20. The van der Waals surface area contributed by atoms with E-state index in [0.29, 0.717) is 69.6 Å². The van der Waals surface area contributed by atoms with Crippen molar-refractivity contribution >= 4 is 29.1 Å². The minimum Gasteiger partial charge on any atom is -0.480 e. The van der Waals surface area contributed by atoms with Crippen LogP contribution in [0.4, 0.5) is 0 Å². The first-order valence-electron chi connectivity index (χ1n) is 16.7. The number of methoxy groups -OCH3 is 2. The number of hydrogen-bond acceptors (Lipinski definition) is 9. The van der Waals surface area contributed by atoms with Crippen molar-refractivity contribution in [3.05, 3.63) is 100 Å². The van der Waals surface area contributed by atoms with Crippen LogP contribution in [0.3, 0.4) is 0 Å². The predicted octanol–water partition coefficient (Wildman–Crippen LogP) is 7.19. The highest BCUT2D eigenvalue weighted by molar-refractivity contribution is 6.39. The molecule has 0 bridgehead atoms. The highest BCUT2D eigenvalue weighted by Gasteiger charge is 2.30. The SMILES string of the molecule is COc1nc(-c2cccc(-c3cccc(-c4cnc(CN5CC(c6ccccn6)C5)c(OC)n4)c3Cl)c2Cl)cnc1CCC[C@@H]1CCC(=O)N1. The zero-order valence-electron chi connectivity index (χ0n) is 27.9. The average Bonchev–Trinajstić information content (AvgIpc) is 3.55. The first-order valence-corrected chi connectivity index (χ1v) is 17.5. The Morgan fingerprint density at radius 2 is 1.42 bits per heavy atom. The molecule has 12 heteroatoms. The molecule has 2 saturated heterocycles. The fourth-order valence-corrected chi connectivity index (χ4v) is 7.31. The zero-order valence-corrected chi connectivity index (χ0v) is 29.4. The van der Waals surface area contributed by atoms with Crippen LogP contribution in [0.15, 0.2) is 73.2 Å². The molecular weight excluding hydrogens is 673 g/mol. The van der Waals surface area contributed by atoms with E-state index in [1.807, 2.05) is 54.7 Å². The van der Waals surface area contributed by atoms with E-state index in [9.17, 15) is 4.79 Å². The van der Waals surface area contributed by atoms with Crippen molar-refractivity contribution in [1.82, 2.24) is 35.1 Å². The Bertz CT molecular complexity index is 2010. The van der Waals surface area contributed by atoms with Crippen LogP contribution in [0.1, 0.15) is 48.7 Å². The van der Waals surface area contributed by atoms with Gasteiger partial charge in [-0.25, -0.2) is 9.97 Å². The maximum atomic E-state index is 11.5. The van der Waals surface area contributed by atoms with Gasteiger partial charge in [0.2, 0.25) is 17.7 Å². The summed E-state index contributed by atoms with van der Waals surface area (Å²) in [5.41, 5.74) is 6.75. The lowest BCUT2D eigenvalue weighted by molar-refractivity contribution is -0.119. The number of amides is 1. The van der Waals surface area contributed by atoms with Gasteiger partial charge in [0.25, 0.3) is 0 Å². The number of likely N-dealkylation sites (tertiary alicyclic amines) is 1. The van der Waals surface area contributed by atoms with E-state index < -0.39 is 0 Å². The van der Waals surface area contributed by atoms with Crippen molar-refractivity contribution in [1.29, 1.82) is 0 Å². The molecule has 0 unspecified atom stereocenters. The van der Waals surface area contributed by atoms with Crippen LogP contribution >= 0.6 is 23.2 Å². The van der Waals surface area contributed by atoms with Gasteiger partial charge < -0.3 is 14.8 Å². The van der Waals surface area contributed by atoms with Gasteiger partial charge in [-0.3, -0.25) is 24.6 Å². The molecular formula is C38H37Cl2N7O3. The summed E-state index contributed by atoms with van der Waals surface area (Å²) in [5.74, 6) is 1.46. The summed E-state index contributed by atoms with van der Waals surface area (Å²) in [6.45, 7) is 2.44. The second-order valence-electron chi connectivity index (χ2n) is 12.6. The third-order valence-corrected chi connectivity index (χ3v) is 10.2. The Balaban J connectivity index is 1.09. The molecule has 5 heterocycles. The molecule has 7 rings (SSSR count). The second-order valence-corrected chi connectivity index (χ2v) is 13.4. The summed E-state index contributed by atoms with van der Waals surface area (Å²) in [5, 5.41) is 4.00. The van der Waals surface area contributed by atoms with Gasteiger partial charge in [-0.1, -0.05) is 65.7 Å². The number of aromatic nitrogens is 5. The molecule has 1 atom stereocenters. The topological polar surface area (TPSA) is 115 Å². The van der Waals surface area contributed by atoms with Crippen LogP contribution in [0, 0.1) is 0 Å². The molecule has 3 aromatic heterocycles.